The lowest BCUT2D eigenvalue weighted by Crippen LogP contribution is -2.29. The van der Waals surface area contributed by atoms with E-state index in [0.29, 0.717) is 24.0 Å². The minimum Gasteiger partial charge on any atom is -0.466 e. The Morgan fingerprint density at radius 2 is 2.24 bits per heavy atom. The molecule has 0 aromatic carbocycles. The summed E-state index contributed by atoms with van der Waals surface area (Å²) in [6.07, 6.45) is 7.75. The van der Waals surface area contributed by atoms with E-state index in [1.807, 2.05) is 0 Å². The van der Waals surface area contributed by atoms with E-state index >= 15 is 0 Å². The van der Waals surface area contributed by atoms with E-state index in [-0.39, 0.29) is 5.91 Å². The SMILES string of the molecule is NNC(=O)c1coc(COC2CCCCC2)c1. The smallest absolute Gasteiger partial charge is 0.268 e. The van der Waals surface area contributed by atoms with Crippen LogP contribution in [-0.2, 0) is 11.3 Å². The minimum absolute atomic E-state index is 0.334. The van der Waals surface area contributed by atoms with Crippen molar-refractivity contribution in [2.75, 3.05) is 0 Å². The summed E-state index contributed by atoms with van der Waals surface area (Å²) in [5, 5.41) is 0. The van der Waals surface area contributed by atoms with Crippen molar-refractivity contribution >= 4 is 5.91 Å². The summed E-state index contributed by atoms with van der Waals surface area (Å²) in [6.45, 7) is 0.419. The van der Waals surface area contributed by atoms with Crippen molar-refractivity contribution in [2.45, 2.75) is 44.8 Å². The predicted octanol–water partition coefficient (Wildman–Crippen LogP) is 1.73. The summed E-state index contributed by atoms with van der Waals surface area (Å²) in [5.41, 5.74) is 2.49. The lowest BCUT2D eigenvalue weighted by Gasteiger charge is -2.21. The Kier molecular flexibility index (Phi) is 4.17. The third-order valence-electron chi connectivity index (χ3n) is 3.06. The standard InChI is InChI=1S/C12H18N2O3/c13-14-12(15)9-6-11(16-7-9)8-17-10-4-2-1-3-5-10/h6-7,10H,1-5,8,13H2,(H,14,15). The second kappa shape index (κ2) is 5.84. The van der Waals surface area contributed by atoms with E-state index in [9.17, 15) is 4.79 Å². The number of rotatable bonds is 4. The summed E-state index contributed by atoms with van der Waals surface area (Å²) in [6, 6.07) is 1.66. The molecule has 3 N–H and O–H groups in total. The first-order valence-electron chi connectivity index (χ1n) is 5.99. The fraction of sp³-hybridized carbons (Fsp3) is 0.583. The predicted molar refractivity (Wildman–Crippen MR) is 62.0 cm³/mol. The van der Waals surface area contributed by atoms with Crippen LogP contribution in [0.4, 0.5) is 0 Å². The molecule has 1 aliphatic rings. The Labute approximate surface area is 100 Å². The minimum atomic E-state index is -0.349. The summed E-state index contributed by atoms with van der Waals surface area (Å²) in [4.78, 5) is 11.2. The lowest BCUT2D eigenvalue weighted by atomic mass is 9.98. The number of ether oxygens (including phenoxy) is 1. The molecule has 94 valence electrons. The number of hydrogen-bond acceptors (Lipinski definition) is 4. The molecule has 1 saturated carbocycles. The Balaban J connectivity index is 1.82. The molecule has 0 atom stereocenters. The van der Waals surface area contributed by atoms with E-state index in [0.717, 1.165) is 12.8 Å². The van der Waals surface area contributed by atoms with Gasteiger partial charge in [-0.05, 0) is 18.9 Å². The van der Waals surface area contributed by atoms with E-state index in [2.05, 4.69) is 5.43 Å². The summed E-state index contributed by atoms with van der Waals surface area (Å²) < 4.78 is 11.0. The number of nitrogens with two attached hydrogens (primary N) is 1. The maximum absolute atomic E-state index is 11.2. The van der Waals surface area contributed by atoms with Gasteiger partial charge in [-0.15, -0.1) is 0 Å². The van der Waals surface area contributed by atoms with Crippen LogP contribution in [0.1, 0.15) is 48.2 Å². The van der Waals surface area contributed by atoms with Crippen molar-refractivity contribution in [3.63, 3.8) is 0 Å². The van der Waals surface area contributed by atoms with E-state index in [1.54, 1.807) is 6.07 Å². The third kappa shape index (κ3) is 3.31. The molecule has 1 fully saturated rings. The van der Waals surface area contributed by atoms with Crippen LogP contribution in [0.3, 0.4) is 0 Å². The van der Waals surface area contributed by atoms with Crippen molar-refractivity contribution in [1.82, 2.24) is 5.43 Å². The molecule has 1 heterocycles. The number of hydrogen-bond donors (Lipinski definition) is 2. The molecular weight excluding hydrogens is 220 g/mol. The average molecular weight is 238 g/mol. The first-order valence-corrected chi connectivity index (χ1v) is 5.99. The molecule has 0 aliphatic heterocycles. The maximum Gasteiger partial charge on any atom is 0.268 e. The normalized spacial score (nSPS) is 17.0. The number of nitrogens with one attached hydrogen (secondary N) is 1. The molecule has 0 saturated heterocycles. The Hall–Kier alpha value is -1.33. The summed E-state index contributed by atoms with van der Waals surface area (Å²) >= 11 is 0. The van der Waals surface area contributed by atoms with Gasteiger partial charge < -0.3 is 9.15 Å². The third-order valence-corrected chi connectivity index (χ3v) is 3.06. The average Bonchev–Trinajstić information content (AvgIpc) is 2.85. The van der Waals surface area contributed by atoms with E-state index in [4.69, 9.17) is 15.0 Å². The fourth-order valence-electron chi connectivity index (χ4n) is 2.09. The van der Waals surface area contributed by atoms with Gasteiger partial charge in [-0.1, -0.05) is 19.3 Å². The van der Waals surface area contributed by atoms with Gasteiger partial charge >= 0.3 is 0 Å². The van der Waals surface area contributed by atoms with Crippen molar-refractivity contribution < 1.29 is 13.9 Å². The van der Waals surface area contributed by atoms with Gasteiger partial charge in [0.1, 0.15) is 18.6 Å². The molecule has 5 heteroatoms. The zero-order valence-corrected chi connectivity index (χ0v) is 9.78. The molecule has 0 radical (unpaired) electrons. The van der Waals surface area contributed by atoms with Crippen molar-refractivity contribution in [1.29, 1.82) is 0 Å². The van der Waals surface area contributed by atoms with Crippen LogP contribution >= 0.6 is 0 Å². The highest BCUT2D eigenvalue weighted by Gasteiger charge is 2.15. The number of carbonyl (C=O) groups excluding carboxylic acids is 1. The molecule has 1 aromatic heterocycles. The molecule has 0 spiro atoms. The summed E-state index contributed by atoms with van der Waals surface area (Å²) in [5.74, 6) is 5.34. The molecule has 0 unspecified atom stereocenters. The highest BCUT2D eigenvalue weighted by molar-refractivity contribution is 5.93. The molecule has 5 nitrogen and oxygen atoms in total. The summed E-state index contributed by atoms with van der Waals surface area (Å²) in [7, 11) is 0. The number of hydrazine groups is 1. The topological polar surface area (TPSA) is 77.5 Å². The van der Waals surface area contributed by atoms with Crippen molar-refractivity contribution in [3.8, 4) is 0 Å². The van der Waals surface area contributed by atoms with Gasteiger partial charge in [0, 0.05) is 0 Å². The van der Waals surface area contributed by atoms with E-state index < -0.39 is 0 Å². The van der Waals surface area contributed by atoms with Crippen LogP contribution in [0.2, 0.25) is 0 Å². The molecule has 2 rings (SSSR count). The Bertz CT molecular complexity index is 370. The number of amides is 1. The van der Waals surface area contributed by atoms with Gasteiger partial charge in [0.15, 0.2) is 0 Å². The first-order chi connectivity index (χ1) is 8.29. The number of nitrogen functional groups attached to an aromatic ring is 1. The van der Waals surface area contributed by atoms with Crippen LogP contribution in [0.15, 0.2) is 16.7 Å². The van der Waals surface area contributed by atoms with Crippen molar-refractivity contribution in [3.05, 3.63) is 23.7 Å². The number of carbonyl (C=O) groups is 1. The highest BCUT2D eigenvalue weighted by Crippen LogP contribution is 2.21. The van der Waals surface area contributed by atoms with Gasteiger partial charge in [-0.3, -0.25) is 10.2 Å². The van der Waals surface area contributed by atoms with Gasteiger partial charge in [0.25, 0.3) is 5.91 Å². The highest BCUT2D eigenvalue weighted by atomic mass is 16.5. The molecule has 1 aromatic rings. The van der Waals surface area contributed by atoms with Crippen LogP contribution in [0, 0.1) is 0 Å². The molecule has 17 heavy (non-hydrogen) atoms. The van der Waals surface area contributed by atoms with Crippen LogP contribution in [0.5, 0.6) is 0 Å². The van der Waals surface area contributed by atoms with Crippen LogP contribution < -0.4 is 11.3 Å². The van der Waals surface area contributed by atoms with Gasteiger partial charge in [0.05, 0.1) is 11.7 Å². The molecular formula is C12H18N2O3. The van der Waals surface area contributed by atoms with Crippen molar-refractivity contribution in [2.24, 2.45) is 5.84 Å². The molecule has 0 bridgehead atoms. The molecule has 1 aliphatic carbocycles. The number of furan rings is 1. The van der Waals surface area contributed by atoms with Gasteiger partial charge in [0.2, 0.25) is 0 Å². The van der Waals surface area contributed by atoms with Crippen LogP contribution in [0.25, 0.3) is 0 Å². The van der Waals surface area contributed by atoms with Gasteiger partial charge in [-0.2, -0.15) is 0 Å². The maximum atomic E-state index is 11.2. The lowest BCUT2D eigenvalue weighted by molar-refractivity contribution is 0.00877. The second-order valence-corrected chi connectivity index (χ2v) is 4.35. The first kappa shape index (κ1) is 12.1. The largest absolute Gasteiger partial charge is 0.466 e. The van der Waals surface area contributed by atoms with Crippen LogP contribution in [-0.4, -0.2) is 12.0 Å². The second-order valence-electron chi connectivity index (χ2n) is 4.35. The Morgan fingerprint density at radius 1 is 1.47 bits per heavy atom. The zero-order chi connectivity index (χ0) is 12.1. The fourth-order valence-corrected chi connectivity index (χ4v) is 2.09. The zero-order valence-electron chi connectivity index (χ0n) is 9.78. The quantitative estimate of drug-likeness (QED) is 0.476. The van der Waals surface area contributed by atoms with E-state index in [1.165, 1.54) is 25.5 Å². The Morgan fingerprint density at radius 3 is 2.94 bits per heavy atom. The van der Waals surface area contributed by atoms with Gasteiger partial charge in [-0.25, -0.2) is 5.84 Å². The monoisotopic (exact) mass is 238 g/mol. The molecule has 1 amide bonds.